The van der Waals surface area contributed by atoms with Gasteiger partial charge in [-0.2, -0.15) is 0 Å². The summed E-state index contributed by atoms with van der Waals surface area (Å²) in [5, 5.41) is 11.6. The Morgan fingerprint density at radius 1 is 0.800 bits per heavy atom. The normalized spacial score (nSPS) is 11.1. The Morgan fingerprint density at radius 3 is 2.30 bits per heavy atom. The average Bonchev–Trinajstić information content (AvgIpc) is 3.24. The van der Waals surface area contributed by atoms with Crippen molar-refractivity contribution in [2.45, 2.75) is 11.0 Å². The number of aromatic hydroxyl groups is 1. The molecular formula is C25H18N2O2S. The number of hydrogen-bond donors (Lipinski definition) is 1. The molecule has 0 amide bonds. The molecule has 4 nitrogen and oxygen atoms in total. The molecule has 0 saturated carbocycles. The molecule has 0 atom stereocenters. The Bertz CT molecular complexity index is 1240. The van der Waals surface area contributed by atoms with Gasteiger partial charge < -0.3 is 9.52 Å². The van der Waals surface area contributed by atoms with E-state index < -0.39 is 0 Å². The van der Waals surface area contributed by atoms with Crippen LogP contribution in [0.15, 0.2) is 101 Å². The van der Waals surface area contributed by atoms with Crippen molar-refractivity contribution in [2.24, 2.45) is 0 Å². The number of hydrogen-bond acceptors (Lipinski definition) is 5. The smallest absolute Gasteiger partial charge is 0.257 e. The van der Waals surface area contributed by atoms with Crippen molar-refractivity contribution in [1.29, 1.82) is 0 Å². The lowest BCUT2D eigenvalue weighted by atomic mass is 10.1. The number of fused-ring (bicyclic) bond motifs is 1. The summed E-state index contributed by atoms with van der Waals surface area (Å²) in [5.74, 6) is 1.61. The molecule has 5 rings (SSSR count). The average molecular weight is 410 g/mol. The van der Waals surface area contributed by atoms with Crippen molar-refractivity contribution in [3.63, 3.8) is 0 Å². The van der Waals surface area contributed by atoms with E-state index in [0.29, 0.717) is 16.5 Å². The third-order valence-corrected chi connectivity index (χ3v) is 5.76. The van der Waals surface area contributed by atoms with Gasteiger partial charge in [0.2, 0.25) is 0 Å². The maximum absolute atomic E-state index is 10.1. The highest BCUT2D eigenvalue weighted by atomic mass is 32.2. The fourth-order valence-electron chi connectivity index (χ4n) is 3.42. The van der Waals surface area contributed by atoms with Gasteiger partial charge >= 0.3 is 0 Å². The molecule has 0 aliphatic rings. The zero-order chi connectivity index (χ0) is 20.3. The van der Waals surface area contributed by atoms with Crippen molar-refractivity contribution >= 4 is 22.7 Å². The molecule has 0 bridgehead atoms. The summed E-state index contributed by atoms with van der Waals surface area (Å²) < 4.78 is 6.20. The van der Waals surface area contributed by atoms with Gasteiger partial charge in [0.05, 0.1) is 0 Å². The number of rotatable bonds is 5. The van der Waals surface area contributed by atoms with Crippen LogP contribution in [0.1, 0.15) is 5.56 Å². The molecule has 0 saturated heterocycles. The number of phenols is 1. The van der Waals surface area contributed by atoms with Crippen LogP contribution in [-0.4, -0.2) is 15.1 Å². The fraction of sp³-hybridized carbons (Fsp3) is 0.0400. The van der Waals surface area contributed by atoms with Gasteiger partial charge in [0.25, 0.3) is 5.22 Å². The van der Waals surface area contributed by atoms with Crippen LogP contribution in [0.2, 0.25) is 0 Å². The van der Waals surface area contributed by atoms with Gasteiger partial charge in [-0.1, -0.05) is 84.6 Å². The van der Waals surface area contributed by atoms with Crippen LogP contribution in [0.5, 0.6) is 5.75 Å². The van der Waals surface area contributed by atoms with Crippen molar-refractivity contribution < 1.29 is 9.52 Å². The molecule has 146 valence electrons. The lowest BCUT2D eigenvalue weighted by Crippen LogP contribution is -1.87. The highest BCUT2D eigenvalue weighted by molar-refractivity contribution is 7.98. The van der Waals surface area contributed by atoms with Gasteiger partial charge in [-0.25, -0.2) is 4.98 Å². The van der Waals surface area contributed by atoms with E-state index in [9.17, 15) is 5.11 Å². The molecule has 0 unspecified atom stereocenters. The van der Waals surface area contributed by atoms with Gasteiger partial charge in [0.15, 0.2) is 5.76 Å². The van der Waals surface area contributed by atoms with Gasteiger partial charge in [-0.3, -0.25) is 4.98 Å². The molecule has 5 aromatic rings. The minimum Gasteiger partial charge on any atom is -0.506 e. The van der Waals surface area contributed by atoms with Crippen molar-refractivity contribution in [3.05, 3.63) is 96.7 Å². The van der Waals surface area contributed by atoms with E-state index in [1.807, 2.05) is 78.9 Å². The van der Waals surface area contributed by atoms with E-state index in [1.165, 1.54) is 11.8 Å². The van der Waals surface area contributed by atoms with Crippen LogP contribution in [0.3, 0.4) is 0 Å². The van der Waals surface area contributed by atoms with E-state index >= 15 is 0 Å². The maximum atomic E-state index is 10.1. The second-order valence-electron chi connectivity index (χ2n) is 6.82. The van der Waals surface area contributed by atoms with Crippen LogP contribution in [0, 0.1) is 0 Å². The molecule has 0 aliphatic carbocycles. The van der Waals surface area contributed by atoms with Crippen molar-refractivity contribution in [1.82, 2.24) is 9.97 Å². The number of nitrogens with zero attached hydrogens (tertiary/aromatic N) is 2. The monoisotopic (exact) mass is 410 g/mol. The Hall–Kier alpha value is -3.57. The Balaban J connectivity index is 1.50. The first kappa shape index (κ1) is 18.5. The number of benzene rings is 3. The molecule has 0 aliphatic heterocycles. The second-order valence-corrected chi connectivity index (χ2v) is 7.75. The Kier molecular flexibility index (Phi) is 4.95. The van der Waals surface area contributed by atoms with Gasteiger partial charge in [0.1, 0.15) is 17.0 Å². The molecule has 5 heteroatoms. The van der Waals surface area contributed by atoms with E-state index in [0.717, 1.165) is 33.5 Å². The molecule has 2 heterocycles. The maximum Gasteiger partial charge on any atom is 0.257 e. The van der Waals surface area contributed by atoms with Crippen LogP contribution in [0.4, 0.5) is 0 Å². The van der Waals surface area contributed by atoms with E-state index in [2.05, 4.69) is 4.98 Å². The number of phenolic OH excluding ortho intramolecular Hbond substituents is 1. The molecule has 2 aromatic heterocycles. The van der Waals surface area contributed by atoms with E-state index in [1.54, 1.807) is 12.3 Å². The van der Waals surface area contributed by atoms with Crippen molar-refractivity contribution in [3.8, 4) is 28.3 Å². The first-order valence-electron chi connectivity index (χ1n) is 9.59. The van der Waals surface area contributed by atoms with E-state index in [4.69, 9.17) is 9.40 Å². The van der Waals surface area contributed by atoms with Crippen LogP contribution in [0.25, 0.3) is 33.5 Å². The third-order valence-electron chi connectivity index (χ3n) is 4.88. The van der Waals surface area contributed by atoms with Crippen LogP contribution >= 0.6 is 11.8 Å². The number of oxazole rings is 1. The summed E-state index contributed by atoms with van der Waals surface area (Å²) in [4.78, 5) is 9.10. The summed E-state index contributed by atoms with van der Waals surface area (Å²) in [6, 6.07) is 27.6. The molecule has 0 fully saturated rings. The van der Waals surface area contributed by atoms with Crippen LogP contribution in [-0.2, 0) is 5.75 Å². The highest BCUT2D eigenvalue weighted by Gasteiger charge is 2.17. The molecule has 30 heavy (non-hydrogen) atoms. The predicted molar refractivity (Wildman–Crippen MR) is 120 cm³/mol. The highest BCUT2D eigenvalue weighted by Crippen LogP contribution is 2.37. The largest absolute Gasteiger partial charge is 0.506 e. The Labute approximate surface area is 178 Å². The minimum absolute atomic E-state index is 0.188. The summed E-state index contributed by atoms with van der Waals surface area (Å²) in [6.07, 6.45) is 1.69. The molecule has 1 N–H and O–H groups in total. The zero-order valence-electron chi connectivity index (χ0n) is 16.0. The predicted octanol–water partition coefficient (Wildman–Crippen LogP) is 6.55. The van der Waals surface area contributed by atoms with Crippen molar-refractivity contribution in [2.75, 3.05) is 0 Å². The Morgan fingerprint density at radius 2 is 1.53 bits per heavy atom. The van der Waals surface area contributed by atoms with Gasteiger partial charge in [-0.15, -0.1) is 0 Å². The zero-order valence-corrected chi connectivity index (χ0v) is 16.8. The van der Waals surface area contributed by atoms with Gasteiger partial charge in [0, 0.05) is 28.5 Å². The van der Waals surface area contributed by atoms with E-state index in [-0.39, 0.29) is 5.75 Å². The topological polar surface area (TPSA) is 59.2 Å². The molecule has 0 spiro atoms. The molecular weight excluding hydrogens is 392 g/mol. The quantitative estimate of drug-likeness (QED) is 0.333. The summed E-state index contributed by atoms with van der Waals surface area (Å²) in [7, 11) is 0. The first-order chi connectivity index (χ1) is 14.8. The standard InChI is InChI=1S/C25H18N2O2S/c28-21-14-13-19(20-12-7-15-26-23(20)21)16-30-25-27-22(17-8-3-1-4-9-17)24(29-25)18-10-5-2-6-11-18/h1-15,28H,16H2. The number of aromatic nitrogens is 2. The lowest BCUT2D eigenvalue weighted by Gasteiger charge is -2.06. The number of pyridine rings is 1. The number of thioether (sulfide) groups is 1. The SMILES string of the molecule is Oc1ccc(CSc2nc(-c3ccccc3)c(-c3ccccc3)o2)c2cccnc12. The lowest BCUT2D eigenvalue weighted by molar-refractivity contribution is 0.466. The molecule has 0 radical (unpaired) electrons. The first-order valence-corrected chi connectivity index (χ1v) is 10.6. The summed E-state index contributed by atoms with van der Waals surface area (Å²) in [5.41, 5.74) is 4.53. The second kappa shape index (κ2) is 8.05. The minimum atomic E-state index is 0.188. The molecule has 3 aromatic carbocycles. The third kappa shape index (κ3) is 3.55. The van der Waals surface area contributed by atoms with Crippen LogP contribution < -0.4 is 0 Å². The summed E-state index contributed by atoms with van der Waals surface area (Å²) in [6.45, 7) is 0. The fourth-order valence-corrected chi connectivity index (χ4v) is 4.25. The van der Waals surface area contributed by atoms with Gasteiger partial charge in [-0.05, 0) is 17.7 Å². The summed E-state index contributed by atoms with van der Waals surface area (Å²) >= 11 is 1.53.